The van der Waals surface area contributed by atoms with Gasteiger partial charge in [0.2, 0.25) is 6.79 Å². The van der Waals surface area contributed by atoms with Crippen molar-refractivity contribution in [2.24, 2.45) is 5.73 Å². The van der Waals surface area contributed by atoms with Crippen molar-refractivity contribution in [1.82, 2.24) is 5.32 Å². The van der Waals surface area contributed by atoms with Crippen LogP contribution in [0.15, 0.2) is 30.3 Å². The molecule has 0 aromatic heterocycles. The number of carbonyl (C=O) groups excluding carboxylic acids is 1. The number of hydrogen-bond donors (Lipinski definition) is 2. The highest BCUT2D eigenvalue weighted by atomic mass is 35.5. The molecule has 0 atom stereocenters. The van der Waals surface area contributed by atoms with Crippen molar-refractivity contribution in [2.75, 3.05) is 20.0 Å². The van der Waals surface area contributed by atoms with Crippen LogP contribution in [0.5, 0.6) is 23.0 Å². The van der Waals surface area contributed by atoms with Crippen LogP contribution in [0.25, 0.3) is 0 Å². The summed E-state index contributed by atoms with van der Waals surface area (Å²) in [5, 5.41) is 3.71. The second kappa shape index (κ2) is 8.83. The number of amides is 1. The van der Waals surface area contributed by atoms with Crippen LogP contribution in [0.4, 0.5) is 0 Å². The summed E-state index contributed by atoms with van der Waals surface area (Å²) < 4.78 is 21.7. The van der Waals surface area contributed by atoms with Gasteiger partial charge < -0.3 is 30.0 Å². The van der Waals surface area contributed by atoms with E-state index in [9.17, 15) is 4.79 Å². The van der Waals surface area contributed by atoms with Gasteiger partial charge in [-0.3, -0.25) is 4.79 Å². The Kier molecular flexibility index (Phi) is 6.26. The molecule has 2 aromatic carbocycles. The Morgan fingerprint density at radius 1 is 1.15 bits per heavy atom. The minimum atomic E-state index is -0.581. The van der Waals surface area contributed by atoms with Gasteiger partial charge in [-0.2, -0.15) is 0 Å². The Labute approximate surface area is 162 Å². The lowest BCUT2D eigenvalue weighted by atomic mass is 10.1. The van der Waals surface area contributed by atoms with Crippen molar-refractivity contribution < 1.29 is 23.7 Å². The number of primary amides is 1. The van der Waals surface area contributed by atoms with E-state index in [1.54, 1.807) is 6.07 Å². The second-order valence-corrected chi connectivity index (χ2v) is 6.29. The van der Waals surface area contributed by atoms with Crippen LogP contribution in [-0.4, -0.2) is 25.9 Å². The zero-order valence-corrected chi connectivity index (χ0v) is 15.7. The van der Waals surface area contributed by atoms with Gasteiger partial charge in [-0.1, -0.05) is 17.7 Å². The highest BCUT2D eigenvalue weighted by Gasteiger charge is 2.15. The molecule has 8 heteroatoms. The van der Waals surface area contributed by atoms with E-state index in [4.69, 9.17) is 36.3 Å². The molecule has 0 saturated carbocycles. The normalized spacial score (nSPS) is 12.1. The molecule has 7 nitrogen and oxygen atoms in total. The van der Waals surface area contributed by atoms with Crippen molar-refractivity contribution in [1.29, 1.82) is 0 Å². The first-order valence-corrected chi connectivity index (χ1v) is 8.90. The number of fused-ring (bicyclic) bond motifs is 1. The summed E-state index contributed by atoms with van der Waals surface area (Å²) in [5.41, 5.74) is 7.13. The number of ether oxygens (including phenoxy) is 4. The number of benzene rings is 2. The van der Waals surface area contributed by atoms with E-state index in [1.165, 1.54) is 0 Å². The van der Waals surface area contributed by atoms with Crippen LogP contribution < -0.4 is 30.0 Å². The van der Waals surface area contributed by atoms with E-state index in [0.29, 0.717) is 36.2 Å². The summed E-state index contributed by atoms with van der Waals surface area (Å²) in [6, 6.07) is 9.44. The van der Waals surface area contributed by atoms with Crippen LogP contribution in [0.2, 0.25) is 5.02 Å². The van der Waals surface area contributed by atoms with Gasteiger partial charge in [0.15, 0.2) is 29.6 Å². The summed E-state index contributed by atoms with van der Waals surface area (Å²) in [5.74, 6) is 1.73. The summed E-state index contributed by atoms with van der Waals surface area (Å²) in [4.78, 5) is 11.0. The number of nitrogens with one attached hydrogen (secondary N) is 1. The molecular weight excluding hydrogens is 372 g/mol. The Bertz CT molecular complexity index is 828. The fourth-order valence-electron chi connectivity index (χ4n) is 2.67. The van der Waals surface area contributed by atoms with Gasteiger partial charge in [-0.05, 0) is 42.3 Å². The second-order valence-electron chi connectivity index (χ2n) is 5.88. The van der Waals surface area contributed by atoms with Gasteiger partial charge in [-0.25, -0.2) is 0 Å². The average molecular weight is 393 g/mol. The molecule has 1 aliphatic rings. The van der Waals surface area contributed by atoms with Crippen molar-refractivity contribution in [2.45, 2.75) is 20.0 Å². The summed E-state index contributed by atoms with van der Waals surface area (Å²) in [7, 11) is 0. The van der Waals surface area contributed by atoms with Crippen LogP contribution in [0.3, 0.4) is 0 Å². The smallest absolute Gasteiger partial charge is 0.255 e. The predicted molar refractivity (Wildman–Crippen MR) is 100 cm³/mol. The first-order chi connectivity index (χ1) is 13.1. The van der Waals surface area contributed by atoms with Crippen LogP contribution in [0.1, 0.15) is 18.1 Å². The standard InChI is InChI=1S/C19H21ClN2O5/c1-2-24-17-7-13(5-14(20)19(17)25-10-18(21)23)9-22-8-12-3-4-15-16(6-12)27-11-26-15/h3-7,22H,2,8-11H2,1H3,(H2,21,23). The Hall–Kier alpha value is -2.64. The zero-order chi connectivity index (χ0) is 19.2. The summed E-state index contributed by atoms with van der Waals surface area (Å²) in [6.45, 7) is 3.52. The molecule has 0 aliphatic carbocycles. The third-order valence-corrected chi connectivity index (χ3v) is 4.10. The summed E-state index contributed by atoms with van der Waals surface area (Å²) in [6.07, 6.45) is 0. The summed E-state index contributed by atoms with van der Waals surface area (Å²) >= 11 is 6.30. The monoisotopic (exact) mass is 392 g/mol. The molecule has 0 radical (unpaired) electrons. The van der Waals surface area contributed by atoms with E-state index >= 15 is 0 Å². The SMILES string of the molecule is CCOc1cc(CNCc2ccc3c(c2)OCO3)cc(Cl)c1OCC(N)=O. The molecule has 0 bridgehead atoms. The van der Waals surface area contributed by atoms with Gasteiger partial charge >= 0.3 is 0 Å². The highest BCUT2D eigenvalue weighted by molar-refractivity contribution is 6.32. The van der Waals surface area contributed by atoms with Gasteiger partial charge in [0.05, 0.1) is 11.6 Å². The maximum absolute atomic E-state index is 11.0. The van der Waals surface area contributed by atoms with Crippen molar-refractivity contribution in [3.8, 4) is 23.0 Å². The molecule has 1 heterocycles. The van der Waals surface area contributed by atoms with Gasteiger partial charge in [0.25, 0.3) is 5.91 Å². The molecule has 0 fully saturated rings. The molecule has 0 saturated heterocycles. The number of carbonyl (C=O) groups is 1. The first-order valence-electron chi connectivity index (χ1n) is 8.52. The number of hydrogen-bond acceptors (Lipinski definition) is 6. The van der Waals surface area contributed by atoms with E-state index in [0.717, 1.165) is 22.6 Å². The number of halogens is 1. The Morgan fingerprint density at radius 3 is 2.70 bits per heavy atom. The Morgan fingerprint density at radius 2 is 1.93 bits per heavy atom. The molecule has 0 unspecified atom stereocenters. The van der Waals surface area contributed by atoms with Gasteiger partial charge in [0.1, 0.15) is 0 Å². The Balaban J connectivity index is 1.64. The third kappa shape index (κ3) is 4.96. The molecule has 27 heavy (non-hydrogen) atoms. The van der Waals surface area contributed by atoms with E-state index in [2.05, 4.69) is 5.32 Å². The number of nitrogens with two attached hydrogens (primary N) is 1. The first kappa shape index (κ1) is 19.1. The van der Waals surface area contributed by atoms with Gasteiger partial charge in [-0.15, -0.1) is 0 Å². The average Bonchev–Trinajstić information content (AvgIpc) is 3.09. The van der Waals surface area contributed by atoms with Crippen LogP contribution in [0, 0.1) is 0 Å². The van der Waals surface area contributed by atoms with E-state index in [-0.39, 0.29) is 13.4 Å². The maximum Gasteiger partial charge on any atom is 0.255 e. The largest absolute Gasteiger partial charge is 0.490 e. The molecule has 2 aromatic rings. The fraction of sp³-hybridized carbons (Fsp3) is 0.316. The van der Waals surface area contributed by atoms with E-state index in [1.807, 2.05) is 31.2 Å². The van der Waals surface area contributed by atoms with Gasteiger partial charge in [0, 0.05) is 13.1 Å². The molecule has 3 rings (SSSR count). The lowest BCUT2D eigenvalue weighted by Crippen LogP contribution is -2.20. The zero-order valence-electron chi connectivity index (χ0n) is 14.9. The molecule has 1 aliphatic heterocycles. The maximum atomic E-state index is 11.0. The fourth-order valence-corrected chi connectivity index (χ4v) is 2.96. The van der Waals surface area contributed by atoms with E-state index < -0.39 is 5.91 Å². The third-order valence-electron chi connectivity index (χ3n) is 3.82. The highest BCUT2D eigenvalue weighted by Crippen LogP contribution is 2.37. The lowest BCUT2D eigenvalue weighted by Gasteiger charge is -2.15. The molecule has 1 amide bonds. The molecular formula is C19H21ClN2O5. The minimum Gasteiger partial charge on any atom is -0.490 e. The molecule has 144 valence electrons. The number of rotatable bonds is 9. The van der Waals surface area contributed by atoms with Crippen LogP contribution >= 0.6 is 11.6 Å². The molecule has 3 N–H and O–H groups in total. The van der Waals surface area contributed by atoms with Crippen molar-refractivity contribution in [3.63, 3.8) is 0 Å². The predicted octanol–water partition coefficient (Wildman–Crippen LogP) is 2.62. The van der Waals surface area contributed by atoms with Crippen molar-refractivity contribution >= 4 is 17.5 Å². The lowest BCUT2D eigenvalue weighted by molar-refractivity contribution is -0.119. The minimum absolute atomic E-state index is 0.259. The van der Waals surface area contributed by atoms with Crippen molar-refractivity contribution in [3.05, 3.63) is 46.5 Å². The van der Waals surface area contributed by atoms with Crippen LogP contribution in [-0.2, 0) is 17.9 Å². The molecule has 0 spiro atoms. The quantitative estimate of drug-likeness (QED) is 0.681. The topological polar surface area (TPSA) is 92.0 Å².